The molecule has 0 spiro atoms. The van der Waals surface area contributed by atoms with Gasteiger partial charge in [0.05, 0.1) is 28.3 Å². The number of nitrogens with zero attached hydrogens (tertiary/aromatic N) is 3. The minimum absolute atomic E-state index is 0.0735. The summed E-state index contributed by atoms with van der Waals surface area (Å²) in [6.07, 6.45) is 4.58. The zero-order chi connectivity index (χ0) is 27.0. The summed E-state index contributed by atoms with van der Waals surface area (Å²) < 4.78 is 2.50. The summed E-state index contributed by atoms with van der Waals surface area (Å²) in [5, 5.41) is 4.83. The number of anilines is 2. The molecule has 0 radical (unpaired) electrons. The molecule has 3 heterocycles. The molecule has 2 fully saturated rings. The molecule has 1 amide bonds. The number of carbonyl (C=O) groups is 1. The molecule has 1 saturated heterocycles. The number of nitrogens with two attached hydrogens (primary N) is 1. The van der Waals surface area contributed by atoms with E-state index in [1.54, 1.807) is 0 Å². The third-order valence-corrected chi connectivity index (χ3v) is 8.09. The van der Waals surface area contributed by atoms with Gasteiger partial charge in [0, 0.05) is 49.7 Å². The van der Waals surface area contributed by atoms with Crippen molar-refractivity contribution in [3.05, 3.63) is 65.4 Å². The number of aryl methyl sites for hydroxylation is 2. The summed E-state index contributed by atoms with van der Waals surface area (Å²) >= 11 is 0. The monoisotopic (exact) mass is 513 g/mol. The number of benzene rings is 2. The maximum absolute atomic E-state index is 13.3. The molecule has 0 bridgehead atoms. The van der Waals surface area contributed by atoms with Crippen molar-refractivity contribution in [2.24, 2.45) is 11.7 Å². The molecule has 38 heavy (non-hydrogen) atoms. The van der Waals surface area contributed by atoms with Gasteiger partial charge in [0.15, 0.2) is 0 Å². The number of rotatable bonds is 5. The van der Waals surface area contributed by atoms with Crippen LogP contribution in [-0.2, 0) is 6.54 Å². The number of hydrogen-bond donors (Lipinski definition) is 2. The molecule has 6 rings (SSSR count). The maximum Gasteiger partial charge on any atom is 0.253 e. The van der Waals surface area contributed by atoms with Crippen LogP contribution in [0.15, 0.2) is 43.0 Å². The van der Waals surface area contributed by atoms with Crippen molar-refractivity contribution in [1.29, 1.82) is 0 Å². The van der Waals surface area contributed by atoms with E-state index in [4.69, 9.17) is 5.73 Å². The van der Waals surface area contributed by atoms with Crippen molar-refractivity contribution in [3.8, 4) is 0 Å². The van der Waals surface area contributed by atoms with Gasteiger partial charge < -0.3 is 25.4 Å². The zero-order valence-electron chi connectivity index (χ0n) is 23.5. The van der Waals surface area contributed by atoms with Gasteiger partial charge in [-0.05, 0) is 74.8 Å². The standard InChI is InChI=1S/C30H37N5O.C2H6/c1-19-6-4-7-23-16-27(35(28(19)23)17-22-9-10-22)21(3)34-13-11-32-26-15-24(14-20(2)29(26)34)30(36)33-12-5-8-25(31)18-33;1-2/h4,6-7,14-16,22,25,32H,3,5,8-13,17-18,31H2,1-2H3;1-2H3. The van der Waals surface area contributed by atoms with Crippen LogP contribution in [0.4, 0.5) is 11.4 Å². The highest BCUT2D eigenvalue weighted by molar-refractivity contribution is 5.99. The second-order valence-corrected chi connectivity index (χ2v) is 11.0. The van der Waals surface area contributed by atoms with E-state index in [0.29, 0.717) is 6.54 Å². The average molecular weight is 514 g/mol. The lowest BCUT2D eigenvalue weighted by molar-refractivity contribution is 0.0709. The van der Waals surface area contributed by atoms with Crippen molar-refractivity contribution in [2.45, 2.75) is 66.0 Å². The van der Waals surface area contributed by atoms with Gasteiger partial charge in [0.2, 0.25) is 0 Å². The van der Waals surface area contributed by atoms with Crippen LogP contribution in [0.5, 0.6) is 0 Å². The Labute approximate surface area is 227 Å². The third-order valence-electron chi connectivity index (χ3n) is 8.09. The molecule has 6 heteroatoms. The van der Waals surface area contributed by atoms with Crippen LogP contribution in [0.3, 0.4) is 0 Å². The number of para-hydroxylation sites is 1. The maximum atomic E-state index is 13.3. The predicted octanol–water partition coefficient (Wildman–Crippen LogP) is 6.16. The van der Waals surface area contributed by atoms with Crippen LogP contribution in [0.2, 0.25) is 0 Å². The normalized spacial score (nSPS) is 18.9. The first-order chi connectivity index (χ1) is 18.4. The fourth-order valence-corrected chi connectivity index (χ4v) is 6.10. The Morgan fingerprint density at radius 1 is 1.08 bits per heavy atom. The van der Waals surface area contributed by atoms with Gasteiger partial charge in [-0.2, -0.15) is 0 Å². The van der Waals surface area contributed by atoms with E-state index in [9.17, 15) is 4.79 Å². The summed E-state index contributed by atoms with van der Waals surface area (Å²) in [4.78, 5) is 17.6. The second kappa shape index (κ2) is 10.9. The van der Waals surface area contributed by atoms with Gasteiger partial charge in [-0.15, -0.1) is 0 Å². The summed E-state index contributed by atoms with van der Waals surface area (Å²) in [6.45, 7) is 17.0. The second-order valence-electron chi connectivity index (χ2n) is 11.0. The van der Waals surface area contributed by atoms with E-state index in [1.807, 2.05) is 30.9 Å². The quantitative estimate of drug-likeness (QED) is 0.429. The molecule has 1 atom stereocenters. The highest BCUT2D eigenvalue weighted by atomic mass is 16.2. The summed E-state index contributed by atoms with van der Waals surface area (Å²) in [5.41, 5.74) is 15.0. The Morgan fingerprint density at radius 3 is 2.61 bits per heavy atom. The highest BCUT2D eigenvalue weighted by Crippen LogP contribution is 2.41. The molecule has 1 aromatic heterocycles. The first-order valence-corrected chi connectivity index (χ1v) is 14.4. The zero-order valence-corrected chi connectivity index (χ0v) is 23.5. The molecule has 2 aliphatic heterocycles. The Kier molecular flexibility index (Phi) is 7.53. The number of likely N-dealkylation sites (tertiary alicyclic amines) is 1. The van der Waals surface area contributed by atoms with Crippen molar-refractivity contribution in [3.63, 3.8) is 0 Å². The van der Waals surface area contributed by atoms with Crippen molar-refractivity contribution in [1.82, 2.24) is 9.47 Å². The van der Waals surface area contributed by atoms with Gasteiger partial charge in [0.1, 0.15) is 0 Å². The lowest BCUT2D eigenvalue weighted by atomic mass is 10.0. The lowest BCUT2D eigenvalue weighted by Gasteiger charge is -2.36. The van der Waals surface area contributed by atoms with Crippen molar-refractivity contribution < 1.29 is 4.79 Å². The van der Waals surface area contributed by atoms with Crippen molar-refractivity contribution in [2.75, 3.05) is 36.4 Å². The van der Waals surface area contributed by atoms with Gasteiger partial charge in [-0.25, -0.2) is 0 Å². The van der Waals surface area contributed by atoms with Crippen LogP contribution >= 0.6 is 0 Å². The summed E-state index contributed by atoms with van der Waals surface area (Å²) in [6, 6.07) is 13.0. The smallest absolute Gasteiger partial charge is 0.253 e. The minimum atomic E-state index is 0.0735. The third kappa shape index (κ3) is 4.94. The van der Waals surface area contributed by atoms with Crippen LogP contribution < -0.4 is 16.0 Å². The number of nitrogens with one attached hydrogen (secondary N) is 1. The van der Waals surface area contributed by atoms with Crippen molar-refractivity contribution >= 4 is 33.9 Å². The lowest BCUT2D eigenvalue weighted by Crippen LogP contribution is -2.45. The highest BCUT2D eigenvalue weighted by Gasteiger charge is 2.29. The summed E-state index contributed by atoms with van der Waals surface area (Å²) in [7, 11) is 0. The Bertz CT molecular complexity index is 1350. The van der Waals surface area contributed by atoms with E-state index in [2.05, 4.69) is 59.5 Å². The first kappa shape index (κ1) is 26.4. The fraction of sp³-hybridized carbons (Fsp3) is 0.469. The van der Waals surface area contributed by atoms with E-state index >= 15 is 0 Å². The average Bonchev–Trinajstić information content (AvgIpc) is 3.67. The van der Waals surface area contributed by atoms with Crippen LogP contribution in [-0.4, -0.2) is 47.6 Å². The molecule has 3 aliphatic rings. The van der Waals surface area contributed by atoms with Gasteiger partial charge >= 0.3 is 0 Å². The van der Waals surface area contributed by atoms with E-state index in [0.717, 1.165) is 73.1 Å². The summed E-state index contributed by atoms with van der Waals surface area (Å²) in [5.74, 6) is 0.842. The van der Waals surface area contributed by atoms with Gasteiger partial charge in [-0.1, -0.05) is 38.6 Å². The number of fused-ring (bicyclic) bond motifs is 2. The van der Waals surface area contributed by atoms with Gasteiger partial charge in [0.25, 0.3) is 5.91 Å². The fourth-order valence-electron chi connectivity index (χ4n) is 6.10. The molecule has 6 nitrogen and oxygen atoms in total. The number of aromatic nitrogens is 1. The molecule has 202 valence electrons. The number of piperidine rings is 1. The molecular weight excluding hydrogens is 470 g/mol. The van der Waals surface area contributed by atoms with E-state index in [1.165, 1.54) is 35.0 Å². The molecule has 3 aromatic rings. The molecule has 2 aromatic carbocycles. The van der Waals surface area contributed by atoms with Crippen LogP contribution in [0.25, 0.3) is 16.6 Å². The topological polar surface area (TPSA) is 66.5 Å². The minimum Gasteiger partial charge on any atom is -0.382 e. The number of hydrogen-bond acceptors (Lipinski definition) is 4. The van der Waals surface area contributed by atoms with E-state index < -0.39 is 0 Å². The molecule has 1 unspecified atom stereocenters. The molecule has 3 N–H and O–H groups in total. The molecular formula is C32H43N5O. The number of carbonyl (C=O) groups excluding carboxylic acids is 1. The van der Waals surface area contributed by atoms with E-state index in [-0.39, 0.29) is 11.9 Å². The Hall–Kier alpha value is -3.25. The van der Waals surface area contributed by atoms with Crippen LogP contribution in [0.1, 0.15) is 66.7 Å². The number of amides is 1. The van der Waals surface area contributed by atoms with Crippen LogP contribution in [0, 0.1) is 19.8 Å². The first-order valence-electron chi connectivity index (χ1n) is 14.4. The molecule has 1 aliphatic carbocycles. The Morgan fingerprint density at radius 2 is 1.87 bits per heavy atom. The SMILES string of the molecule is C=C(c1cc2cccc(C)c2n1CC1CC1)N1CCNc2cc(C(=O)N3CCCC(N)C3)cc(C)c21.CC. The predicted molar refractivity (Wildman–Crippen MR) is 160 cm³/mol. The van der Waals surface area contributed by atoms with Gasteiger partial charge in [-0.3, -0.25) is 4.79 Å². The molecule has 1 saturated carbocycles. The largest absolute Gasteiger partial charge is 0.382 e. The Balaban J connectivity index is 0.00000144.